The van der Waals surface area contributed by atoms with Crippen molar-refractivity contribution < 1.29 is 64.3 Å². The van der Waals surface area contributed by atoms with E-state index in [1.54, 1.807) is 24.3 Å². The van der Waals surface area contributed by atoms with E-state index in [0.29, 0.717) is 10.6 Å². The summed E-state index contributed by atoms with van der Waals surface area (Å²) in [6, 6.07) is 4.84. The van der Waals surface area contributed by atoms with E-state index in [4.69, 9.17) is 37.3 Å². The molecule has 1 fully saturated rings. The third-order valence-corrected chi connectivity index (χ3v) is 6.54. The van der Waals surface area contributed by atoms with Crippen molar-refractivity contribution in [2.45, 2.75) is 61.3 Å². The summed E-state index contributed by atoms with van der Waals surface area (Å²) in [6.07, 6.45) is -6.63. The summed E-state index contributed by atoms with van der Waals surface area (Å²) in [6.45, 7) is -3.00. The van der Waals surface area contributed by atoms with Crippen LogP contribution in [0.25, 0.3) is 0 Å². The Kier molecular flexibility index (Phi) is 14.0. The fraction of sp³-hybridized carbons (Fsp3) is 0.577. The van der Waals surface area contributed by atoms with Gasteiger partial charge in [-0.05, 0) is 17.7 Å². The number of aliphatic carboxylic acids is 1. The summed E-state index contributed by atoms with van der Waals surface area (Å²) >= 11 is 5.82. The standard InChI is InChI=1S/C26H35ClN2O13/c1-2-7-40-12-18(33)19(34)13-41-26(25(38)39)9-16(31)22(29-21(36)11-30)24(42-26)23(37)17(32)10-28-20(35)8-14-3-5-15(27)6-4-14/h1,3-6,16-19,22-24,30-34,37H,7-13H2,(H,28,35)(H,29,36)(H,38,39)/t16-,17+,18-,19-,22+,23+,24+,26+/m0/s1. The zero-order valence-electron chi connectivity index (χ0n) is 22.3. The Labute approximate surface area is 246 Å². The first-order chi connectivity index (χ1) is 19.8. The van der Waals surface area contributed by atoms with E-state index in [9.17, 15) is 45.0 Å². The summed E-state index contributed by atoms with van der Waals surface area (Å²) < 4.78 is 15.7. The minimum absolute atomic E-state index is 0.0915. The molecule has 1 aromatic rings. The van der Waals surface area contributed by atoms with Gasteiger partial charge in [-0.2, -0.15) is 0 Å². The lowest BCUT2D eigenvalue weighted by molar-refractivity contribution is -0.316. The number of terminal acetylenes is 1. The van der Waals surface area contributed by atoms with Crippen LogP contribution in [0.5, 0.6) is 0 Å². The summed E-state index contributed by atoms with van der Waals surface area (Å²) in [7, 11) is 0. The van der Waals surface area contributed by atoms with Crippen molar-refractivity contribution in [3.05, 3.63) is 34.9 Å². The molecular formula is C26H35ClN2O13. The smallest absolute Gasteiger partial charge is 0.364 e. The number of amides is 2. The Morgan fingerprint density at radius 2 is 1.74 bits per heavy atom. The second-order valence-electron chi connectivity index (χ2n) is 9.49. The number of ether oxygens (including phenoxy) is 3. The van der Waals surface area contributed by atoms with Crippen molar-refractivity contribution in [1.29, 1.82) is 0 Å². The Balaban J connectivity index is 2.17. The van der Waals surface area contributed by atoms with Crippen LogP contribution in [-0.2, 0) is 35.0 Å². The van der Waals surface area contributed by atoms with Crippen LogP contribution in [0.2, 0.25) is 5.02 Å². The van der Waals surface area contributed by atoms with Crippen LogP contribution in [0.15, 0.2) is 24.3 Å². The minimum Gasteiger partial charge on any atom is -0.477 e. The molecule has 16 heteroatoms. The molecule has 15 nitrogen and oxygen atoms in total. The lowest BCUT2D eigenvalue weighted by atomic mass is 9.88. The lowest BCUT2D eigenvalue weighted by Gasteiger charge is -2.46. The maximum Gasteiger partial charge on any atom is 0.364 e. The van der Waals surface area contributed by atoms with Crippen molar-refractivity contribution >= 4 is 29.4 Å². The molecule has 0 aromatic heterocycles. The molecule has 2 amide bonds. The predicted octanol–water partition coefficient (Wildman–Crippen LogP) is -3.48. The van der Waals surface area contributed by atoms with Gasteiger partial charge in [-0.15, -0.1) is 6.42 Å². The van der Waals surface area contributed by atoms with Gasteiger partial charge >= 0.3 is 5.97 Å². The number of rotatable bonds is 16. The number of carbonyl (C=O) groups is 3. The Bertz CT molecular complexity index is 1080. The number of carboxylic acids is 1. The SMILES string of the molecule is C#CCOC[C@H](O)[C@@H](O)CO[C@]1(C(=O)O)C[C@H](O)[C@@H](NC(=O)CO)[C@H]([C@H](O)[C@H](O)CNC(=O)Cc2ccc(Cl)cc2)O1. The van der Waals surface area contributed by atoms with Crippen LogP contribution in [0, 0.1) is 12.3 Å². The van der Waals surface area contributed by atoms with Crippen LogP contribution in [0.1, 0.15) is 12.0 Å². The average molecular weight is 619 g/mol. The van der Waals surface area contributed by atoms with Crippen LogP contribution in [-0.4, -0.2) is 135 Å². The van der Waals surface area contributed by atoms with Gasteiger partial charge in [0.05, 0.1) is 37.9 Å². The monoisotopic (exact) mass is 618 g/mol. The summed E-state index contributed by atoms with van der Waals surface area (Å²) in [5.74, 6) is -3.94. The van der Waals surface area contributed by atoms with Crippen LogP contribution in [0.3, 0.4) is 0 Å². The maximum absolute atomic E-state index is 12.3. The lowest BCUT2D eigenvalue weighted by Crippen LogP contribution is -2.68. The normalized spacial score (nSPS) is 25.0. The molecule has 0 radical (unpaired) electrons. The third-order valence-electron chi connectivity index (χ3n) is 6.29. The largest absolute Gasteiger partial charge is 0.477 e. The van der Waals surface area contributed by atoms with Gasteiger partial charge in [0.15, 0.2) is 0 Å². The molecule has 2 rings (SSSR count). The van der Waals surface area contributed by atoms with E-state index in [-0.39, 0.29) is 13.0 Å². The van der Waals surface area contributed by atoms with Crippen molar-refractivity contribution in [2.75, 3.05) is 33.0 Å². The van der Waals surface area contributed by atoms with Crippen LogP contribution in [0.4, 0.5) is 0 Å². The maximum atomic E-state index is 12.3. The fourth-order valence-corrected chi connectivity index (χ4v) is 4.16. The number of halogens is 1. The van der Waals surface area contributed by atoms with Crippen molar-refractivity contribution in [3.8, 4) is 12.3 Å². The Morgan fingerprint density at radius 1 is 1.10 bits per heavy atom. The van der Waals surface area contributed by atoms with Gasteiger partial charge in [-0.1, -0.05) is 29.7 Å². The molecule has 9 N–H and O–H groups in total. The van der Waals surface area contributed by atoms with Crippen LogP contribution < -0.4 is 10.6 Å². The number of carboxylic acid groups (broad SMARTS) is 1. The van der Waals surface area contributed by atoms with Crippen molar-refractivity contribution in [3.63, 3.8) is 0 Å². The number of carbonyl (C=O) groups excluding carboxylic acids is 2. The van der Waals surface area contributed by atoms with Gasteiger partial charge in [0.1, 0.15) is 37.6 Å². The highest BCUT2D eigenvalue weighted by molar-refractivity contribution is 6.30. The summed E-state index contributed by atoms with van der Waals surface area (Å²) in [4.78, 5) is 36.5. The fourth-order valence-electron chi connectivity index (χ4n) is 4.04. The van der Waals surface area contributed by atoms with E-state index >= 15 is 0 Å². The highest BCUT2D eigenvalue weighted by Gasteiger charge is 2.56. The molecule has 0 unspecified atom stereocenters. The number of aliphatic hydroxyl groups excluding tert-OH is 6. The van der Waals surface area contributed by atoms with E-state index in [1.165, 1.54) is 0 Å². The number of aliphatic hydroxyl groups is 6. The predicted molar refractivity (Wildman–Crippen MR) is 143 cm³/mol. The third kappa shape index (κ3) is 10.1. The molecule has 1 saturated heterocycles. The molecule has 1 heterocycles. The number of hydrogen-bond donors (Lipinski definition) is 9. The molecule has 1 aliphatic rings. The van der Waals surface area contributed by atoms with Gasteiger partial charge in [0.2, 0.25) is 11.8 Å². The summed E-state index contributed by atoms with van der Waals surface area (Å²) in [5, 5.41) is 76.6. The van der Waals surface area contributed by atoms with Gasteiger partial charge in [-0.3, -0.25) is 9.59 Å². The zero-order valence-corrected chi connectivity index (χ0v) is 23.1. The Hall–Kier alpha value is -2.88. The highest BCUT2D eigenvalue weighted by Crippen LogP contribution is 2.34. The van der Waals surface area contributed by atoms with Gasteiger partial charge in [-0.25, -0.2) is 4.79 Å². The topological polar surface area (TPSA) is 245 Å². The molecule has 234 valence electrons. The molecule has 0 saturated carbocycles. The van der Waals surface area contributed by atoms with Crippen molar-refractivity contribution in [1.82, 2.24) is 10.6 Å². The number of nitrogens with one attached hydrogen (secondary N) is 2. The molecule has 42 heavy (non-hydrogen) atoms. The highest BCUT2D eigenvalue weighted by atomic mass is 35.5. The minimum atomic E-state index is -2.73. The zero-order chi connectivity index (χ0) is 31.4. The number of benzene rings is 1. The average Bonchev–Trinajstić information content (AvgIpc) is 2.96. The van der Waals surface area contributed by atoms with E-state index in [1.807, 2.05) is 0 Å². The molecule has 8 atom stereocenters. The van der Waals surface area contributed by atoms with E-state index < -0.39 is 99.0 Å². The molecule has 1 aliphatic heterocycles. The second kappa shape index (κ2) is 16.7. The first-order valence-electron chi connectivity index (χ1n) is 12.7. The first kappa shape index (κ1) is 35.3. The van der Waals surface area contributed by atoms with E-state index in [0.717, 1.165) is 0 Å². The molecule has 1 aromatic carbocycles. The quantitative estimate of drug-likeness (QED) is 0.0646. The van der Waals surface area contributed by atoms with Gasteiger partial charge < -0.3 is 60.6 Å². The molecule has 0 bridgehead atoms. The molecule has 0 spiro atoms. The van der Waals surface area contributed by atoms with Crippen LogP contribution >= 0.6 is 11.6 Å². The number of hydrogen-bond acceptors (Lipinski definition) is 12. The Morgan fingerprint density at radius 3 is 2.33 bits per heavy atom. The van der Waals surface area contributed by atoms with E-state index in [2.05, 4.69) is 16.6 Å². The molecule has 0 aliphatic carbocycles. The van der Waals surface area contributed by atoms with Gasteiger partial charge in [0.25, 0.3) is 5.79 Å². The first-order valence-corrected chi connectivity index (χ1v) is 13.1. The second-order valence-corrected chi connectivity index (χ2v) is 9.93. The van der Waals surface area contributed by atoms with Gasteiger partial charge in [0, 0.05) is 18.0 Å². The van der Waals surface area contributed by atoms with Crippen molar-refractivity contribution in [2.24, 2.45) is 0 Å². The summed E-state index contributed by atoms with van der Waals surface area (Å²) in [5.41, 5.74) is 0.607. The molecular weight excluding hydrogens is 584 g/mol.